The predicted molar refractivity (Wildman–Crippen MR) is 151 cm³/mol. The van der Waals surface area contributed by atoms with Crippen molar-refractivity contribution in [2.24, 2.45) is 17.3 Å². The van der Waals surface area contributed by atoms with Crippen molar-refractivity contribution in [2.75, 3.05) is 0 Å². The van der Waals surface area contributed by atoms with Crippen molar-refractivity contribution < 1.29 is 14.4 Å². The zero-order valence-corrected chi connectivity index (χ0v) is 23.9. The first-order valence-corrected chi connectivity index (χ1v) is 14.7. The Morgan fingerprint density at radius 2 is 1.74 bits per heavy atom. The minimum Gasteiger partial charge on any atom is -0.385 e. The summed E-state index contributed by atoms with van der Waals surface area (Å²) in [5.41, 5.74) is 3.06. The van der Waals surface area contributed by atoms with Gasteiger partial charge in [0, 0.05) is 17.0 Å². The number of hydrogen-bond acceptors (Lipinski definition) is 5. The largest absolute Gasteiger partial charge is 0.385 e. The molecule has 39 heavy (non-hydrogen) atoms. The van der Waals surface area contributed by atoms with Crippen LogP contribution in [0.5, 0.6) is 0 Å². The summed E-state index contributed by atoms with van der Waals surface area (Å²) in [5.74, 6) is 1.51. The summed E-state index contributed by atoms with van der Waals surface area (Å²) >= 11 is 13.1. The number of hydrogen-bond donors (Lipinski definition) is 1. The summed E-state index contributed by atoms with van der Waals surface area (Å²) in [6.07, 6.45) is 6.44. The van der Waals surface area contributed by atoms with Crippen molar-refractivity contribution >= 4 is 23.2 Å². The maximum absolute atomic E-state index is 12.1. The minimum atomic E-state index is -0.862. The fourth-order valence-corrected chi connectivity index (χ4v) is 7.42. The first-order chi connectivity index (χ1) is 18.7. The predicted octanol–water partition coefficient (Wildman–Crippen LogP) is 8.21. The molecule has 6 rings (SSSR count). The molecule has 0 saturated heterocycles. The van der Waals surface area contributed by atoms with Crippen molar-refractivity contribution in [3.8, 4) is 17.3 Å². The number of nitriles is 1. The molecule has 1 heterocycles. The number of benzene rings is 2. The Morgan fingerprint density at radius 1 is 1.08 bits per heavy atom. The Morgan fingerprint density at radius 3 is 2.38 bits per heavy atom. The highest BCUT2D eigenvalue weighted by atomic mass is 35.5. The fraction of sp³-hybridized carbons (Fsp3) is 0.500. The van der Waals surface area contributed by atoms with Crippen molar-refractivity contribution in [3.63, 3.8) is 0 Å². The third-order valence-corrected chi connectivity index (χ3v) is 9.60. The SMILES string of the molecule is CC(C)(C#N)Cc1cccc([C@]2(O)[C@@H]3CC[C@H]2C[C@H](OCc2c(-c4c(Cl)cccc4Cl)noc2C2CC2)C3)c1. The van der Waals surface area contributed by atoms with Crippen LogP contribution < -0.4 is 0 Å². The van der Waals surface area contributed by atoms with Gasteiger partial charge in [-0.25, -0.2) is 0 Å². The van der Waals surface area contributed by atoms with Crippen molar-refractivity contribution in [3.05, 3.63) is 75.0 Å². The van der Waals surface area contributed by atoms with E-state index in [-0.39, 0.29) is 17.9 Å². The molecule has 0 unspecified atom stereocenters. The summed E-state index contributed by atoms with van der Waals surface area (Å²) in [4.78, 5) is 0. The Hall–Kier alpha value is -2.36. The Labute approximate surface area is 240 Å². The van der Waals surface area contributed by atoms with E-state index in [1.165, 1.54) is 0 Å². The Balaban J connectivity index is 1.21. The van der Waals surface area contributed by atoms with Gasteiger partial charge in [-0.1, -0.05) is 58.7 Å². The molecule has 204 valence electrons. The molecule has 7 heteroatoms. The molecule has 0 amide bonds. The van der Waals surface area contributed by atoms with E-state index >= 15 is 0 Å². The van der Waals surface area contributed by atoms with E-state index in [0.717, 1.165) is 61.0 Å². The van der Waals surface area contributed by atoms with Crippen LogP contribution in [0.25, 0.3) is 11.3 Å². The van der Waals surface area contributed by atoms with Gasteiger partial charge in [0.25, 0.3) is 0 Å². The van der Waals surface area contributed by atoms with Crippen LogP contribution in [-0.4, -0.2) is 16.4 Å². The van der Waals surface area contributed by atoms with Crippen LogP contribution in [0, 0.1) is 28.6 Å². The zero-order valence-electron chi connectivity index (χ0n) is 22.4. The van der Waals surface area contributed by atoms with Gasteiger partial charge in [0.2, 0.25) is 0 Å². The number of halogens is 2. The summed E-state index contributed by atoms with van der Waals surface area (Å²) in [5, 5.41) is 27.1. The van der Waals surface area contributed by atoms with Crippen LogP contribution >= 0.6 is 23.2 Å². The molecule has 3 aromatic rings. The second-order valence-corrected chi connectivity index (χ2v) is 13.1. The van der Waals surface area contributed by atoms with Crippen molar-refractivity contribution in [1.29, 1.82) is 5.26 Å². The lowest BCUT2D eigenvalue weighted by molar-refractivity contribution is -0.116. The second-order valence-electron chi connectivity index (χ2n) is 12.3. The van der Waals surface area contributed by atoms with E-state index in [2.05, 4.69) is 23.4 Å². The highest BCUT2D eigenvalue weighted by Gasteiger charge is 2.54. The lowest BCUT2D eigenvalue weighted by Gasteiger charge is -2.43. The fourth-order valence-electron chi connectivity index (χ4n) is 6.84. The molecular weight excluding hydrogens is 531 g/mol. The smallest absolute Gasteiger partial charge is 0.145 e. The van der Waals surface area contributed by atoms with Gasteiger partial charge in [-0.05, 0) is 93.9 Å². The van der Waals surface area contributed by atoms with Gasteiger partial charge in [-0.15, -0.1) is 0 Å². The van der Waals surface area contributed by atoms with E-state index in [1.807, 2.05) is 44.2 Å². The van der Waals surface area contributed by atoms with Crippen LogP contribution in [0.15, 0.2) is 47.0 Å². The van der Waals surface area contributed by atoms with Crippen LogP contribution in [0.2, 0.25) is 10.0 Å². The van der Waals surface area contributed by atoms with Gasteiger partial charge >= 0.3 is 0 Å². The zero-order chi connectivity index (χ0) is 27.4. The first kappa shape index (κ1) is 26.8. The molecule has 3 aliphatic carbocycles. The van der Waals surface area contributed by atoms with E-state index in [0.29, 0.717) is 40.2 Å². The molecule has 1 N–H and O–H groups in total. The standard InChI is InChI=1S/C32H34Cl2N2O3/c1-31(2,18-35)16-19-5-3-6-21(13-19)32(37)22-11-12-23(32)15-24(14-22)38-17-25-29(36-39-30(25)20-9-10-20)28-26(33)7-4-8-27(28)34/h3-8,13,20,22-24,37H,9-12,14-17H2,1-2H3/t22-,23+,24-,32+. The minimum absolute atomic E-state index is 0.0417. The Kier molecular flexibility index (Phi) is 7.04. The summed E-state index contributed by atoms with van der Waals surface area (Å²) in [6, 6.07) is 16.1. The van der Waals surface area contributed by atoms with Crippen LogP contribution in [0.1, 0.15) is 80.7 Å². The van der Waals surface area contributed by atoms with E-state index in [9.17, 15) is 10.4 Å². The molecule has 2 aromatic carbocycles. The van der Waals surface area contributed by atoms with Crippen molar-refractivity contribution in [1.82, 2.24) is 5.16 Å². The molecule has 5 nitrogen and oxygen atoms in total. The van der Waals surface area contributed by atoms with Gasteiger partial charge in [-0.2, -0.15) is 5.26 Å². The number of fused-ring (bicyclic) bond motifs is 2. The summed E-state index contributed by atoms with van der Waals surface area (Å²) in [7, 11) is 0. The number of aromatic nitrogens is 1. The normalized spacial score (nSPS) is 26.5. The van der Waals surface area contributed by atoms with Gasteiger partial charge in [0.15, 0.2) is 0 Å². The monoisotopic (exact) mass is 564 g/mol. The van der Waals surface area contributed by atoms with E-state index in [4.69, 9.17) is 32.5 Å². The molecular formula is C32H34Cl2N2O3. The molecule has 0 radical (unpaired) electrons. The van der Waals surface area contributed by atoms with E-state index < -0.39 is 11.0 Å². The number of aliphatic hydroxyl groups is 1. The molecule has 1 aromatic heterocycles. The number of rotatable bonds is 8. The van der Waals surface area contributed by atoms with Crippen molar-refractivity contribution in [2.45, 2.75) is 83.0 Å². The molecule has 4 atom stereocenters. The Bertz CT molecular complexity index is 1390. The van der Waals surface area contributed by atoms with Crippen LogP contribution in [0.4, 0.5) is 0 Å². The quantitative estimate of drug-likeness (QED) is 0.298. The van der Waals surface area contributed by atoms with Gasteiger partial charge < -0.3 is 14.4 Å². The maximum atomic E-state index is 12.1. The molecule has 0 spiro atoms. The lowest BCUT2D eigenvalue weighted by atomic mass is 9.69. The van der Waals surface area contributed by atoms with Gasteiger partial charge in [0.1, 0.15) is 11.5 Å². The molecule has 2 bridgehead atoms. The summed E-state index contributed by atoms with van der Waals surface area (Å²) in [6.45, 7) is 4.29. The second kappa shape index (κ2) is 10.2. The maximum Gasteiger partial charge on any atom is 0.145 e. The topological polar surface area (TPSA) is 79.3 Å². The van der Waals surface area contributed by atoms with Crippen LogP contribution in [0.3, 0.4) is 0 Å². The third-order valence-electron chi connectivity index (χ3n) is 8.97. The summed E-state index contributed by atoms with van der Waals surface area (Å²) < 4.78 is 12.4. The molecule has 3 aliphatic rings. The lowest BCUT2D eigenvalue weighted by Crippen LogP contribution is -2.44. The molecule has 3 fully saturated rings. The van der Waals surface area contributed by atoms with Gasteiger partial charge in [0.05, 0.1) is 39.8 Å². The first-order valence-electron chi connectivity index (χ1n) is 14.0. The number of nitrogens with zero attached hydrogens (tertiary/aromatic N) is 2. The average molecular weight is 566 g/mol. The third kappa shape index (κ3) is 5.02. The molecule has 3 saturated carbocycles. The highest BCUT2D eigenvalue weighted by molar-refractivity contribution is 6.39. The highest BCUT2D eigenvalue weighted by Crippen LogP contribution is 2.56. The van der Waals surface area contributed by atoms with E-state index in [1.54, 1.807) is 0 Å². The van der Waals surface area contributed by atoms with Crippen LogP contribution in [-0.2, 0) is 23.4 Å². The average Bonchev–Trinajstić information content (AvgIpc) is 3.65. The molecule has 0 aliphatic heterocycles. The van der Waals surface area contributed by atoms with Gasteiger partial charge in [-0.3, -0.25) is 0 Å². The number of ether oxygens (including phenoxy) is 1.